The minimum atomic E-state index is -1.02. The van der Waals surface area contributed by atoms with Gasteiger partial charge in [-0.1, -0.05) is 6.07 Å². The molecule has 1 heterocycles. The van der Waals surface area contributed by atoms with E-state index in [2.05, 4.69) is 0 Å². The van der Waals surface area contributed by atoms with Crippen LogP contribution in [0.5, 0.6) is 0 Å². The number of rotatable bonds is 5. The zero-order valence-corrected chi connectivity index (χ0v) is 16.4. The molecule has 0 saturated carbocycles. The molecule has 0 aromatic heterocycles. The average Bonchev–Trinajstić information content (AvgIpc) is 2.64. The van der Waals surface area contributed by atoms with Crippen molar-refractivity contribution in [3.05, 3.63) is 70.3 Å². The second-order valence-electron chi connectivity index (χ2n) is 7.52. The van der Waals surface area contributed by atoms with Crippen LogP contribution in [0.2, 0.25) is 0 Å². The van der Waals surface area contributed by atoms with Gasteiger partial charge in [0.2, 0.25) is 5.91 Å². The lowest BCUT2D eigenvalue weighted by molar-refractivity contribution is -0.131. The van der Waals surface area contributed by atoms with Crippen LogP contribution < -0.4 is 4.90 Å². The number of halogens is 2. The molecule has 1 amide bonds. The Morgan fingerprint density at radius 2 is 1.90 bits per heavy atom. The lowest BCUT2D eigenvalue weighted by Gasteiger charge is -2.35. The van der Waals surface area contributed by atoms with E-state index in [1.807, 2.05) is 26.0 Å². The number of aryl methyl sites for hydroxylation is 2. The van der Waals surface area contributed by atoms with Crippen molar-refractivity contribution < 1.29 is 23.5 Å². The molecule has 0 bridgehead atoms. The highest BCUT2D eigenvalue weighted by Crippen LogP contribution is 2.32. The number of carboxylic acids is 1. The molecule has 29 heavy (non-hydrogen) atoms. The first kappa shape index (κ1) is 20.7. The second-order valence-corrected chi connectivity index (χ2v) is 7.52. The molecule has 152 valence electrons. The third kappa shape index (κ3) is 4.88. The standard InChI is InChI=1S/C23H23F2NO3/c1-14-9-16(4-8-22(28)29)10-15(2)23(14)26-13-17(3-7-21(26)27)11-18-5-6-19(24)12-20(18)25/h4-6,8-10,12,17H,3,7,11,13H2,1-2H3,(H,28,29). The van der Waals surface area contributed by atoms with Crippen molar-refractivity contribution in [3.8, 4) is 0 Å². The topological polar surface area (TPSA) is 57.6 Å². The Labute approximate surface area is 168 Å². The molecule has 1 aliphatic heterocycles. The number of piperidine rings is 1. The summed E-state index contributed by atoms with van der Waals surface area (Å²) >= 11 is 0. The molecule has 1 unspecified atom stereocenters. The molecule has 0 spiro atoms. The van der Waals surface area contributed by atoms with Crippen LogP contribution in [-0.4, -0.2) is 23.5 Å². The summed E-state index contributed by atoms with van der Waals surface area (Å²) in [4.78, 5) is 25.1. The van der Waals surface area contributed by atoms with Gasteiger partial charge in [0.15, 0.2) is 0 Å². The van der Waals surface area contributed by atoms with Crippen molar-refractivity contribution in [2.45, 2.75) is 33.1 Å². The van der Waals surface area contributed by atoms with E-state index < -0.39 is 17.6 Å². The van der Waals surface area contributed by atoms with E-state index in [-0.39, 0.29) is 11.8 Å². The highest BCUT2D eigenvalue weighted by Gasteiger charge is 2.29. The summed E-state index contributed by atoms with van der Waals surface area (Å²) < 4.78 is 27.2. The summed E-state index contributed by atoms with van der Waals surface area (Å²) in [6.07, 6.45) is 4.06. The highest BCUT2D eigenvalue weighted by atomic mass is 19.1. The van der Waals surface area contributed by atoms with Gasteiger partial charge in [-0.25, -0.2) is 13.6 Å². The normalized spacial score (nSPS) is 17.2. The van der Waals surface area contributed by atoms with Crippen LogP contribution in [0.3, 0.4) is 0 Å². The van der Waals surface area contributed by atoms with Crippen LogP contribution in [0.25, 0.3) is 6.08 Å². The maximum Gasteiger partial charge on any atom is 0.328 e. The Balaban J connectivity index is 1.83. The van der Waals surface area contributed by atoms with E-state index in [1.165, 1.54) is 18.2 Å². The summed E-state index contributed by atoms with van der Waals surface area (Å²) in [5, 5.41) is 8.80. The quantitative estimate of drug-likeness (QED) is 0.744. The molecule has 1 saturated heterocycles. The van der Waals surface area contributed by atoms with Gasteiger partial charge in [0.1, 0.15) is 11.6 Å². The highest BCUT2D eigenvalue weighted by molar-refractivity contribution is 5.96. The number of anilines is 1. The van der Waals surface area contributed by atoms with E-state index in [9.17, 15) is 18.4 Å². The molecular formula is C23H23F2NO3. The Hall–Kier alpha value is -3.02. The molecule has 4 nitrogen and oxygen atoms in total. The van der Waals surface area contributed by atoms with Gasteiger partial charge in [0.25, 0.3) is 0 Å². The van der Waals surface area contributed by atoms with Crippen molar-refractivity contribution in [2.24, 2.45) is 5.92 Å². The number of carboxylic acid groups (broad SMARTS) is 1. The fourth-order valence-corrected chi connectivity index (χ4v) is 3.97. The fraction of sp³-hybridized carbons (Fsp3) is 0.304. The number of hydrogen-bond acceptors (Lipinski definition) is 2. The Morgan fingerprint density at radius 1 is 1.21 bits per heavy atom. The zero-order valence-electron chi connectivity index (χ0n) is 16.4. The third-order valence-corrected chi connectivity index (χ3v) is 5.23. The minimum absolute atomic E-state index is 0.0147. The maximum absolute atomic E-state index is 14.0. The number of carbonyl (C=O) groups excluding carboxylic acids is 1. The van der Waals surface area contributed by atoms with Crippen molar-refractivity contribution in [2.75, 3.05) is 11.4 Å². The fourth-order valence-electron chi connectivity index (χ4n) is 3.97. The van der Waals surface area contributed by atoms with Gasteiger partial charge in [0, 0.05) is 30.8 Å². The average molecular weight is 399 g/mol. The molecule has 2 aromatic rings. The predicted molar refractivity (Wildman–Crippen MR) is 108 cm³/mol. The molecule has 6 heteroatoms. The van der Waals surface area contributed by atoms with Gasteiger partial charge < -0.3 is 10.0 Å². The Morgan fingerprint density at radius 3 is 2.52 bits per heavy atom. The van der Waals surface area contributed by atoms with Gasteiger partial charge in [-0.2, -0.15) is 0 Å². The SMILES string of the molecule is Cc1cc(C=CC(=O)O)cc(C)c1N1CC(Cc2ccc(F)cc2F)CCC1=O. The van der Waals surface area contributed by atoms with Crippen molar-refractivity contribution in [1.29, 1.82) is 0 Å². The zero-order chi connectivity index (χ0) is 21.1. The smallest absolute Gasteiger partial charge is 0.328 e. The predicted octanol–water partition coefficient (Wildman–Crippen LogP) is 4.67. The molecule has 0 radical (unpaired) electrons. The van der Waals surface area contributed by atoms with E-state index in [4.69, 9.17) is 5.11 Å². The van der Waals surface area contributed by atoms with Crippen LogP contribution in [0.1, 0.15) is 35.1 Å². The summed E-state index contributed by atoms with van der Waals surface area (Å²) in [5.41, 5.74) is 3.76. The van der Waals surface area contributed by atoms with Gasteiger partial charge in [-0.05, 0) is 79.1 Å². The summed E-state index contributed by atoms with van der Waals surface area (Å²) in [7, 11) is 0. The monoisotopic (exact) mass is 399 g/mol. The first-order valence-corrected chi connectivity index (χ1v) is 9.51. The summed E-state index contributed by atoms with van der Waals surface area (Å²) in [6.45, 7) is 4.23. The van der Waals surface area contributed by atoms with Crippen LogP contribution in [-0.2, 0) is 16.0 Å². The lowest BCUT2D eigenvalue weighted by atomic mass is 9.89. The van der Waals surface area contributed by atoms with Crippen LogP contribution in [0, 0.1) is 31.4 Å². The molecule has 1 N–H and O–H groups in total. The minimum Gasteiger partial charge on any atom is -0.478 e. The molecule has 1 aliphatic rings. The number of benzene rings is 2. The third-order valence-electron chi connectivity index (χ3n) is 5.23. The summed E-state index contributed by atoms with van der Waals surface area (Å²) in [6, 6.07) is 7.29. The van der Waals surface area contributed by atoms with Crippen molar-refractivity contribution in [3.63, 3.8) is 0 Å². The number of amides is 1. The summed E-state index contributed by atoms with van der Waals surface area (Å²) in [5.74, 6) is -2.10. The largest absolute Gasteiger partial charge is 0.478 e. The maximum atomic E-state index is 14.0. The molecule has 0 aliphatic carbocycles. The first-order chi connectivity index (χ1) is 13.7. The van der Waals surface area contributed by atoms with Gasteiger partial charge in [-0.15, -0.1) is 0 Å². The Kier molecular flexibility index (Phi) is 6.11. The number of carbonyl (C=O) groups is 2. The van der Waals surface area contributed by atoms with Gasteiger partial charge in [0.05, 0.1) is 0 Å². The molecule has 2 aromatic carbocycles. The van der Waals surface area contributed by atoms with Crippen LogP contribution in [0.15, 0.2) is 36.4 Å². The van der Waals surface area contributed by atoms with E-state index in [1.54, 1.807) is 4.90 Å². The van der Waals surface area contributed by atoms with Gasteiger partial charge in [-0.3, -0.25) is 4.79 Å². The van der Waals surface area contributed by atoms with Gasteiger partial charge >= 0.3 is 5.97 Å². The number of hydrogen-bond donors (Lipinski definition) is 1. The number of aliphatic carboxylic acids is 1. The molecule has 1 fully saturated rings. The van der Waals surface area contributed by atoms with Crippen LogP contribution >= 0.6 is 0 Å². The second kappa shape index (κ2) is 8.55. The Bertz CT molecular complexity index is 961. The number of nitrogens with zero attached hydrogens (tertiary/aromatic N) is 1. The van der Waals surface area contributed by atoms with Crippen molar-refractivity contribution >= 4 is 23.6 Å². The van der Waals surface area contributed by atoms with E-state index >= 15 is 0 Å². The van der Waals surface area contributed by atoms with E-state index in [0.29, 0.717) is 31.4 Å². The van der Waals surface area contributed by atoms with Crippen LogP contribution in [0.4, 0.5) is 14.5 Å². The molecule has 1 atom stereocenters. The first-order valence-electron chi connectivity index (χ1n) is 9.51. The van der Waals surface area contributed by atoms with E-state index in [0.717, 1.165) is 34.5 Å². The molecule has 3 rings (SSSR count). The lowest BCUT2D eigenvalue weighted by Crippen LogP contribution is -2.41. The molecular weight excluding hydrogens is 376 g/mol. The van der Waals surface area contributed by atoms with Crippen molar-refractivity contribution in [1.82, 2.24) is 0 Å².